The highest BCUT2D eigenvalue weighted by molar-refractivity contribution is 6.10. The normalized spacial score (nSPS) is 20.8. The molecule has 8 nitrogen and oxygen atoms in total. The van der Waals surface area contributed by atoms with Crippen molar-refractivity contribution in [1.82, 2.24) is 10.2 Å². The van der Waals surface area contributed by atoms with Crippen molar-refractivity contribution >= 4 is 23.5 Å². The van der Waals surface area contributed by atoms with Crippen molar-refractivity contribution < 1.29 is 23.9 Å². The molecule has 2 aliphatic heterocycles. The third-order valence-corrected chi connectivity index (χ3v) is 5.04. The van der Waals surface area contributed by atoms with E-state index in [4.69, 9.17) is 9.47 Å². The Morgan fingerprint density at radius 3 is 2.62 bits per heavy atom. The van der Waals surface area contributed by atoms with E-state index in [9.17, 15) is 14.4 Å². The Bertz CT molecular complexity index is 757. The van der Waals surface area contributed by atoms with E-state index < -0.39 is 17.5 Å². The standard InChI is InChI=1S/C18H21N3O5/c22-15(11-21-16(23)18(20-17(21)24)6-1-2-7-18)19-12-4-5-13-14(10-12)26-9-3-8-25-13/h4-5,10H,1-3,6-9,11H2,(H,19,22)(H,20,24). The van der Waals surface area contributed by atoms with E-state index in [0.29, 0.717) is 43.2 Å². The van der Waals surface area contributed by atoms with E-state index in [2.05, 4.69) is 10.6 Å². The molecule has 4 amide bonds. The third kappa shape index (κ3) is 2.95. The average Bonchev–Trinajstić information content (AvgIpc) is 3.07. The van der Waals surface area contributed by atoms with Gasteiger partial charge in [-0.3, -0.25) is 14.5 Å². The van der Waals surface area contributed by atoms with Gasteiger partial charge in [0, 0.05) is 18.2 Å². The topological polar surface area (TPSA) is 97.0 Å². The van der Waals surface area contributed by atoms with Crippen LogP contribution in [0.25, 0.3) is 0 Å². The minimum Gasteiger partial charge on any atom is -0.490 e. The van der Waals surface area contributed by atoms with Gasteiger partial charge in [0.2, 0.25) is 5.91 Å². The Labute approximate surface area is 150 Å². The molecule has 2 fully saturated rings. The molecule has 2 heterocycles. The predicted molar refractivity (Wildman–Crippen MR) is 92.1 cm³/mol. The Morgan fingerprint density at radius 1 is 1.12 bits per heavy atom. The summed E-state index contributed by atoms with van der Waals surface area (Å²) in [5.74, 6) is 0.477. The van der Waals surface area contributed by atoms with Gasteiger partial charge < -0.3 is 20.1 Å². The van der Waals surface area contributed by atoms with Gasteiger partial charge in [-0.25, -0.2) is 4.79 Å². The molecule has 0 bridgehead atoms. The molecule has 0 aromatic heterocycles. The summed E-state index contributed by atoms with van der Waals surface area (Å²) in [4.78, 5) is 38.1. The molecule has 8 heteroatoms. The Kier molecular flexibility index (Phi) is 4.18. The minimum atomic E-state index is -0.799. The molecule has 0 radical (unpaired) electrons. The lowest BCUT2D eigenvalue weighted by Crippen LogP contribution is -2.44. The third-order valence-electron chi connectivity index (χ3n) is 5.04. The van der Waals surface area contributed by atoms with Gasteiger partial charge in [-0.2, -0.15) is 0 Å². The van der Waals surface area contributed by atoms with Crippen molar-refractivity contribution in [3.05, 3.63) is 18.2 Å². The molecule has 1 aromatic carbocycles. The molecule has 1 saturated heterocycles. The van der Waals surface area contributed by atoms with E-state index in [1.165, 1.54) is 0 Å². The van der Waals surface area contributed by atoms with Crippen LogP contribution in [-0.4, -0.2) is 48.0 Å². The van der Waals surface area contributed by atoms with E-state index >= 15 is 0 Å². The molecule has 1 aromatic rings. The molecule has 26 heavy (non-hydrogen) atoms. The molecule has 2 N–H and O–H groups in total. The Hall–Kier alpha value is -2.77. The number of hydrogen-bond donors (Lipinski definition) is 2. The number of rotatable bonds is 3. The fourth-order valence-electron chi connectivity index (χ4n) is 3.72. The van der Waals surface area contributed by atoms with Gasteiger partial charge in [0.1, 0.15) is 12.1 Å². The molecule has 4 rings (SSSR count). The second-order valence-electron chi connectivity index (χ2n) is 6.87. The summed E-state index contributed by atoms with van der Waals surface area (Å²) in [6, 6.07) is 4.63. The molecular formula is C18H21N3O5. The van der Waals surface area contributed by atoms with E-state index in [0.717, 1.165) is 24.2 Å². The van der Waals surface area contributed by atoms with Crippen LogP contribution in [0.2, 0.25) is 0 Å². The number of urea groups is 1. The van der Waals surface area contributed by atoms with Crippen LogP contribution in [0.4, 0.5) is 10.5 Å². The summed E-state index contributed by atoms with van der Waals surface area (Å²) in [5, 5.41) is 5.48. The summed E-state index contributed by atoms with van der Waals surface area (Å²) < 4.78 is 11.2. The summed E-state index contributed by atoms with van der Waals surface area (Å²) in [6.07, 6.45) is 3.88. The van der Waals surface area contributed by atoms with E-state index in [1.54, 1.807) is 18.2 Å². The number of carbonyl (C=O) groups excluding carboxylic acids is 3. The first-order valence-electron chi connectivity index (χ1n) is 8.91. The zero-order chi connectivity index (χ0) is 18.1. The van der Waals surface area contributed by atoms with E-state index in [-0.39, 0.29) is 12.5 Å². The van der Waals surface area contributed by atoms with Gasteiger partial charge >= 0.3 is 6.03 Å². The average molecular weight is 359 g/mol. The minimum absolute atomic E-state index is 0.297. The largest absolute Gasteiger partial charge is 0.490 e. The van der Waals surface area contributed by atoms with Crippen LogP contribution in [-0.2, 0) is 9.59 Å². The summed E-state index contributed by atoms with van der Waals surface area (Å²) in [7, 11) is 0. The molecule has 0 unspecified atom stereocenters. The number of amides is 4. The summed E-state index contributed by atoms with van der Waals surface area (Å²) in [6.45, 7) is 0.836. The first-order valence-corrected chi connectivity index (χ1v) is 8.91. The fraction of sp³-hybridized carbons (Fsp3) is 0.500. The lowest BCUT2D eigenvalue weighted by molar-refractivity contribution is -0.133. The first kappa shape index (κ1) is 16.7. The number of benzene rings is 1. The number of imide groups is 1. The number of fused-ring (bicyclic) bond motifs is 1. The maximum atomic E-state index is 12.6. The van der Waals surface area contributed by atoms with Gasteiger partial charge in [-0.15, -0.1) is 0 Å². The smallest absolute Gasteiger partial charge is 0.325 e. The van der Waals surface area contributed by atoms with Crippen molar-refractivity contribution in [1.29, 1.82) is 0 Å². The molecule has 3 aliphatic rings. The molecule has 0 atom stereocenters. The lowest BCUT2D eigenvalue weighted by Gasteiger charge is -2.19. The van der Waals surface area contributed by atoms with Crippen LogP contribution in [0.3, 0.4) is 0 Å². The molecule has 138 valence electrons. The van der Waals surface area contributed by atoms with Gasteiger partial charge in [-0.05, 0) is 25.0 Å². The highest BCUT2D eigenvalue weighted by atomic mass is 16.5. The zero-order valence-corrected chi connectivity index (χ0v) is 14.4. The van der Waals surface area contributed by atoms with Crippen molar-refractivity contribution in [2.24, 2.45) is 0 Å². The van der Waals surface area contributed by atoms with Crippen LogP contribution in [0.5, 0.6) is 11.5 Å². The lowest BCUT2D eigenvalue weighted by atomic mass is 9.98. The van der Waals surface area contributed by atoms with Crippen LogP contribution >= 0.6 is 0 Å². The molecule has 1 saturated carbocycles. The highest BCUT2D eigenvalue weighted by Crippen LogP contribution is 2.35. The summed E-state index contributed by atoms with van der Waals surface area (Å²) >= 11 is 0. The highest BCUT2D eigenvalue weighted by Gasteiger charge is 2.52. The fourth-order valence-corrected chi connectivity index (χ4v) is 3.72. The zero-order valence-electron chi connectivity index (χ0n) is 14.4. The Balaban J connectivity index is 1.42. The van der Waals surface area contributed by atoms with Crippen molar-refractivity contribution in [2.75, 3.05) is 25.1 Å². The van der Waals surface area contributed by atoms with Crippen LogP contribution in [0.1, 0.15) is 32.1 Å². The first-order chi connectivity index (χ1) is 12.6. The SMILES string of the molecule is O=C(CN1C(=O)NC2(CCCC2)C1=O)Nc1ccc2c(c1)OCCCO2. The molecule has 1 spiro atoms. The number of ether oxygens (including phenoxy) is 2. The van der Waals surface area contributed by atoms with Crippen LogP contribution < -0.4 is 20.1 Å². The van der Waals surface area contributed by atoms with Gasteiger partial charge in [0.25, 0.3) is 5.91 Å². The number of nitrogens with zero attached hydrogens (tertiary/aromatic N) is 1. The van der Waals surface area contributed by atoms with Crippen LogP contribution in [0, 0.1) is 0 Å². The van der Waals surface area contributed by atoms with Gasteiger partial charge in [-0.1, -0.05) is 12.8 Å². The van der Waals surface area contributed by atoms with Gasteiger partial charge in [0.05, 0.1) is 13.2 Å². The number of carbonyl (C=O) groups is 3. The maximum absolute atomic E-state index is 12.6. The maximum Gasteiger partial charge on any atom is 0.325 e. The van der Waals surface area contributed by atoms with E-state index in [1.807, 2.05) is 0 Å². The van der Waals surface area contributed by atoms with Crippen molar-refractivity contribution in [3.63, 3.8) is 0 Å². The molecule has 1 aliphatic carbocycles. The monoisotopic (exact) mass is 359 g/mol. The van der Waals surface area contributed by atoms with Gasteiger partial charge in [0.15, 0.2) is 11.5 Å². The second kappa shape index (κ2) is 6.51. The summed E-state index contributed by atoms with van der Waals surface area (Å²) in [5.41, 5.74) is -0.269. The number of nitrogens with one attached hydrogen (secondary N) is 2. The number of anilines is 1. The Morgan fingerprint density at radius 2 is 1.85 bits per heavy atom. The second-order valence-corrected chi connectivity index (χ2v) is 6.87. The quantitative estimate of drug-likeness (QED) is 0.800. The molecular weight excluding hydrogens is 338 g/mol. The number of hydrogen-bond acceptors (Lipinski definition) is 5. The predicted octanol–water partition coefficient (Wildman–Crippen LogP) is 1.65. The van der Waals surface area contributed by atoms with Crippen LogP contribution in [0.15, 0.2) is 18.2 Å². The van der Waals surface area contributed by atoms with Crippen molar-refractivity contribution in [2.45, 2.75) is 37.6 Å². The van der Waals surface area contributed by atoms with Crippen molar-refractivity contribution in [3.8, 4) is 11.5 Å².